The van der Waals surface area contributed by atoms with E-state index in [0.717, 1.165) is 16.1 Å². The number of halogens is 2. The largest absolute Gasteiger partial charge is 0.678 e. The van der Waals surface area contributed by atoms with Crippen LogP contribution in [-0.2, 0) is 0 Å². The van der Waals surface area contributed by atoms with Gasteiger partial charge in [0.1, 0.15) is 0 Å². The van der Waals surface area contributed by atoms with E-state index < -0.39 is 7.40 Å². The Hall–Kier alpha value is -3.99. The van der Waals surface area contributed by atoms with Crippen LogP contribution in [0.2, 0.25) is 0 Å². The van der Waals surface area contributed by atoms with Gasteiger partial charge in [-0.2, -0.15) is 0 Å². The zero-order valence-corrected chi connectivity index (χ0v) is 17.4. The molecule has 0 spiro atoms. The van der Waals surface area contributed by atoms with Crippen LogP contribution >= 0.6 is 0 Å². The molecule has 0 N–H and O–H groups in total. The first-order valence-electron chi connectivity index (χ1n) is 10.3. The van der Waals surface area contributed by atoms with Gasteiger partial charge in [-0.1, -0.05) is 97.1 Å². The fraction of sp³-hybridized carbons (Fsp3) is 0. The third kappa shape index (κ3) is 5.19. The van der Waals surface area contributed by atoms with Crippen molar-refractivity contribution in [3.63, 3.8) is 0 Å². The van der Waals surface area contributed by atoms with Crippen molar-refractivity contribution in [1.82, 2.24) is 0 Å². The van der Waals surface area contributed by atoms with Crippen LogP contribution in [0.1, 0.15) is 11.1 Å². The Morgan fingerprint density at radius 2 is 1.09 bits per heavy atom. The van der Waals surface area contributed by atoms with Crippen LogP contribution in [-0.4, -0.2) is 13.1 Å². The van der Waals surface area contributed by atoms with Gasteiger partial charge in [0.25, 0.3) is 0 Å². The maximum absolute atomic E-state index is 14.4. The molecule has 0 aliphatic rings. The molecule has 156 valence electrons. The summed E-state index contributed by atoms with van der Waals surface area (Å²) in [6.45, 7) is 0. The summed E-state index contributed by atoms with van der Waals surface area (Å²) < 4.78 is 28.9. The predicted octanol–water partition coefficient (Wildman–Crippen LogP) is 7.28. The second-order valence-electron chi connectivity index (χ2n) is 7.08. The highest BCUT2D eigenvalue weighted by Gasteiger charge is 2.30. The van der Waals surface area contributed by atoms with Gasteiger partial charge in [-0.3, -0.25) is 8.63 Å². The van der Waals surface area contributed by atoms with Crippen LogP contribution < -0.4 is 4.81 Å². The summed E-state index contributed by atoms with van der Waals surface area (Å²) in [5, 5.41) is 0. The van der Waals surface area contributed by atoms with Crippen molar-refractivity contribution in [3.05, 3.63) is 139 Å². The van der Waals surface area contributed by atoms with E-state index in [-0.39, 0.29) is 0 Å². The number of hydrogen-bond acceptors (Lipinski definition) is 2. The fourth-order valence-corrected chi connectivity index (χ4v) is 3.41. The van der Waals surface area contributed by atoms with Crippen molar-refractivity contribution in [2.45, 2.75) is 0 Å². The zero-order chi connectivity index (χ0) is 22.2. The van der Waals surface area contributed by atoms with Crippen LogP contribution in [0, 0.1) is 0 Å². The van der Waals surface area contributed by atoms with Gasteiger partial charge in [-0.15, -0.1) is 0 Å². The van der Waals surface area contributed by atoms with E-state index in [0.29, 0.717) is 22.7 Å². The third-order valence-corrected chi connectivity index (χ3v) is 4.91. The van der Waals surface area contributed by atoms with Gasteiger partial charge in [-0.05, 0) is 35.9 Å². The number of para-hydroxylation sites is 2. The second kappa shape index (κ2) is 10.4. The average molecular weight is 422 g/mol. The summed E-state index contributed by atoms with van der Waals surface area (Å²) in [6, 6.07) is 37.0. The van der Waals surface area contributed by atoms with Gasteiger partial charge < -0.3 is 4.81 Å². The lowest BCUT2D eigenvalue weighted by Gasteiger charge is -2.26. The zero-order valence-electron chi connectivity index (χ0n) is 17.4. The molecule has 0 atom stereocenters. The summed E-state index contributed by atoms with van der Waals surface area (Å²) in [5.41, 5.74) is 3.63. The third-order valence-electron chi connectivity index (χ3n) is 4.91. The molecule has 0 aliphatic carbocycles. The van der Waals surface area contributed by atoms with Crippen molar-refractivity contribution in [2.24, 2.45) is 4.99 Å². The lowest BCUT2D eigenvalue weighted by molar-refractivity contribution is 0.657. The van der Waals surface area contributed by atoms with Gasteiger partial charge in [-0.25, -0.2) is 4.99 Å². The molecule has 4 rings (SSSR count). The molecule has 0 heterocycles. The van der Waals surface area contributed by atoms with Crippen LogP contribution in [0.3, 0.4) is 0 Å². The van der Waals surface area contributed by atoms with E-state index in [1.165, 1.54) is 0 Å². The first kappa shape index (κ1) is 21.3. The SMILES string of the molecule is FB(F)N(/C(=C\C(=Nc1ccccc1)c1ccccc1)c1ccccc1)c1ccccc1. The molecule has 0 aromatic heterocycles. The quantitative estimate of drug-likeness (QED) is 0.226. The summed E-state index contributed by atoms with van der Waals surface area (Å²) in [5.74, 6) is 0. The topological polar surface area (TPSA) is 15.6 Å². The number of rotatable bonds is 7. The number of benzene rings is 4. The standard InChI is InChI=1S/C27H21BF2N2/c29-28(30)32(25-19-11-4-12-20-25)27(23-15-7-2-8-16-23)21-26(22-13-5-1-6-14-22)31-24-17-9-3-10-18-24/h1-21H/b27-21-,31-26?. The highest BCUT2D eigenvalue weighted by atomic mass is 19.2. The van der Waals surface area contributed by atoms with Crippen molar-refractivity contribution in [2.75, 3.05) is 4.81 Å². The molecule has 2 nitrogen and oxygen atoms in total. The Kier molecular flexibility index (Phi) is 6.88. The minimum absolute atomic E-state index is 0.366. The predicted molar refractivity (Wildman–Crippen MR) is 130 cm³/mol. The smallest absolute Gasteiger partial charge is 0.325 e. The fourth-order valence-electron chi connectivity index (χ4n) is 3.41. The molecule has 4 aromatic carbocycles. The molecule has 0 bridgehead atoms. The summed E-state index contributed by atoms with van der Waals surface area (Å²) in [7, 11) is -2.74. The molecule has 0 amide bonds. The maximum Gasteiger partial charge on any atom is 0.678 e. The van der Waals surface area contributed by atoms with Crippen molar-refractivity contribution < 1.29 is 8.63 Å². The number of hydrogen-bond donors (Lipinski definition) is 0. The first-order chi connectivity index (χ1) is 15.7. The highest BCUT2D eigenvalue weighted by Crippen LogP contribution is 2.29. The minimum atomic E-state index is -2.74. The van der Waals surface area contributed by atoms with Crippen LogP contribution in [0.25, 0.3) is 5.70 Å². The monoisotopic (exact) mass is 422 g/mol. The van der Waals surface area contributed by atoms with Gasteiger partial charge >= 0.3 is 7.40 Å². The number of anilines is 1. The lowest BCUT2D eigenvalue weighted by Crippen LogP contribution is -2.32. The summed E-state index contributed by atoms with van der Waals surface area (Å²) in [4.78, 5) is 5.84. The Bertz CT molecular complexity index is 1180. The first-order valence-corrected chi connectivity index (χ1v) is 10.3. The van der Waals surface area contributed by atoms with E-state index in [1.54, 1.807) is 30.3 Å². The van der Waals surface area contributed by atoms with Gasteiger partial charge in [0, 0.05) is 16.9 Å². The molecule has 0 aliphatic heterocycles. The van der Waals surface area contributed by atoms with E-state index in [1.807, 2.05) is 97.1 Å². The molecule has 0 saturated heterocycles. The molecule has 0 saturated carbocycles. The average Bonchev–Trinajstić information content (AvgIpc) is 2.85. The Morgan fingerprint density at radius 1 is 0.625 bits per heavy atom. The Labute approximate surface area is 187 Å². The van der Waals surface area contributed by atoms with Crippen LogP contribution in [0.5, 0.6) is 0 Å². The maximum atomic E-state index is 14.4. The Balaban J connectivity index is 1.93. The number of nitrogens with zero attached hydrogens (tertiary/aromatic N) is 2. The van der Waals surface area contributed by atoms with Crippen molar-refractivity contribution in [1.29, 1.82) is 0 Å². The molecule has 0 unspecified atom stereocenters. The van der Waals surface area contributed by atoms with E-state index in [4.69, 9.17) is 4.99 Å². The van der Waals surface area contributed by atoms with E-state index in [2.05, 4.69) is 0 Å². The van der Waals surface area contributed by atoms with Gasteiger partial charge in [0.15, 0.2) is 0 Å². The van der Waals surface area contributed by atoms with Crippen LogP contribution in [0.4, 0.5) is 20.0 Å². The molecular formula is C27H21BF2N2. The number of allylic oxidation sites excluding steroid dienone is 1. The normalized spacial score (nSPS) is 11.8. The Morgan fingerprint density at radius 3 is 1.62 bits per heavy atom. The van der Waals surface area contributed by atoms with E-state index in [9.17, 15) is 8.63 Å². The molecule has 5 heteroatoms. The minimum Gasteiger partial charge on any atom is -0.325 e. The van der Waals surface area contributed by atoms with Gasteiger partial charge in [0.05, 0.1) is 11.4 Å². The van der Waals surface area contributed by atoms with Crippen LogP contribution in [0.15, 0.2) is 132 Å². The van der Waals surface area contributed by atoms with Crippen molar-refractivity contribution in [3.8, 4) is 0 Å². The van der Waals surface area contributed by atoms with Gasteiger partial charge in [0.2, 0.25) is 0 Å². The summed E-state index contributed by atoms with van der Waals surface area (Å²) in [6.07, 6.45) is 1.73. The summed E-state index contributed by atoms with van der Waals surface area (Å²) >= 11 is 0. The highest BCUT2D eigenvalue weighted by molar-refractivity contribution is 6.52. The molecule has 0 fully saturated rings. The lowest BCUT2D eigenvalue weighted by atomic mass is 9.99. The molecule has 0 radical (unpaired) electrons. The van der Waals surface area contributed by atoms with Crippen molar-refractivity contribution >= 4 is 30.2 Å². The molecule has 32 heavy (non-hydrogen) atoms. The number of aliphatic imine (C=N–C) groups is 1. The second-order valence-corrected chi connectivity index (χ2v) is 7.08. The molecule has 4 aromatic rings. The molecular weight excluding hydrogens is 401 g/mol. The van der Waals surface area contributed by atoms with E-state index >= 15 is 0 Å².